The molecule has 2 aromatic carbocycles. The highest BCUT2D eigenvalue weighted by molar-refractivity contribution is 7.89. The number of rotatable bonds is 6. The molecule has 1 unspecified atom stereocenters. The molecule has 0 radical (unpaired) electrons. The van der Waals surface area contributed by atoms with Gasteiger partial charge in [0.2, 0.25) is 20.0 Å². The summed E-state index contributed by atoms with van der Waals surface area (Å²) in [5.74, 6) is -0.963. The summed E-state index contributed by atoms with van der Waals surface area (Å²) in [6.07, 6.45) is 2.78. The molecule has 166 valence electrons. The van der Waals surface area contributed by atoms with Crippen LogP contribution in [0.2, 0.25) is 0 Å². The normalized spacial score (nSPS) is 16.1. The summed E-state index contributed by atoms with van der Waals surface area (Å²) in [6.45, 7) is 6.05. The maximum Gasteiger partial charge on any atom is 0.265 e. The van der Waals surface area contributed by atoms with Gasteiger partial charge in [0.1, 0.15) is 0 Å². The molecule has 0 aliphatic carbocycles. The zero-order valence-corrected chi connectivity index (χ0v) is 19.5. The molecule has 1 aliphatic rings. The van der Waals surface area contributed by atoms with Crippen LogP contribution in [0.1, 0.15) is 39.9 Å². The van der Waals surface area contributed by atoms with Gasteiger partial charge < -0.3 is 0 Å². The van der Waals surface area contributed by atoms with E-state index < -0.39 is 26.0 Å². The first-order valence-electron chi connectivity index (χ1n) is 9.77. The summed E-state index contributed by atoms with van der Waals surface area (Å²) in [6, 6.07) is 12.0. The SMILES string of the molecule is Cc1ccc(S(=O)(=O)N2CC=C(C(C)c3ccc(C)cc3C(=O)NS(C)(=O)=O)C2)cc1. The highest BCUT2D eigenvalue weighted by Gasteiger charge is 2.31. The number of benzene rings is 2. The molecule has 0 saturated carbocycles. The third kappa shape index (κ3) is 5.23. The second-order valence-corrected chi connectivity index (χ2v) is 11.6. The van der Waals surface area contributed by atoms with Gasteiger partial charge in [-0.1, -0.05) is 54.0 Å². The largest absolute Gasteiger partial charge is 0.268 e. The van der Waals surface area contributed by atoms with Gasteiger partial charge in [0.25, 0.3) is 5.91 Å². The topological polar surface area (TPSA) is 101 Å². The average molecular weight is 463 g/mol. The molecule has 0 bridgehead atoms. The van der Waals surface area contributed by atoms with E-state index in [-0.39, 0.29) is 29.5 Å². The summed E-state index contributed by atoms with van der Waals surface area (Å²) >= 11 is 0. The molecule has 2 aromatic rings. The first kappa shape index (κ1) is 23.2. The van der Waals surface area contributed by atoms with E-state index in [1.807, 2.05) is 37.6 Å². The van der Waals surface area contributed by atoms with Crippen molar-refractivity contribution in [2.24, 2.45) is 0 Å². The van der Waals surface area contributed by atoms with Gasteiger partial charge >= 0.3 is 0 Å². The first-order valence-corrected chi connectivity index (χ1v) is 13.1. The van der Waals surface area contributed by atoms with Crippen molar-refractivity contribution >= 4 is 26.0 Å². The fourth-order valence-electron chi connectivity index (χ4n) is 3.58. The van der Waals surface area contributed by atoms with Crippen molar-refractivity contribution in [3.63, 3.8) is 0 Å². The monoisotopic (exact) mass is 462 g/mol. The Labute approximate surface area is 183 Å². The van der Waals surface area contributed by atoms with Crippen molar-refractivity contribution in [1.29, 1.82) is 0 Å². The number of carbonyl (C=O) groups excluding carboxylic acids is 1. The second kappa shape index (κ2) is 8.57. The Hall–Kier alpha value is -2.49. The standard InChI is InChI=1S/C22H26N2O5S2/c1-15-5-8-19(9-6-15)31(28,29)24-12-11-18(14-24)17(3)20-10-7-16(2)13-21(20)22(25)23-30(4,26)27/h5-11,13,17H,12,14H2,1-4H3,(H,23,25). The molecule has 1 N–H and O–H groups in total. The number of amides is 1. The predicted molar refractivity (Wildman–Crippen MR) is 120 cm³/mol. The summed E-state index contributed by atoms with van der Waals surface area (Å²) in [5.41, 5.74) is 3.56. The Kier molecular flexibility index (Phi) is 6.40. The third-order valence-electron chi connectivity index (χ3n) is 5.33. The molecule has 0 spiro atoms. The lowest BCUT2D eigenvalue weighted by Crippen LogP contribution is -2.31. The summed E-state index contributed by atoms with van der Waals surface area (Å²) in [4.78, 5) is 12.8. The molecule has 3 rings (SSSR count). The Bertz CT molecular complexity index is 1250. The van der Waals surface area contributed by atoms with Crippen molar-refractivity contribution in [1.82, 2.24) is 9.03 Å². The number of nitrogens with zero attached hydrogens (tertiary/aromatic N) is 1. The lowest BCUT2D eigenvalue weighted by atomic mass is 9.88. The quantitative estimate of drug-likeness (QED) is 0.666. The number of hydrogen-bond acceptors (Lipinski definition) is 5. The predicted octanol–water partition coefficient (Wildman–Crippen LogP) is 2.73. The van der Waals surface area contributed by atoms with Crippen LogP contribution in [0.3, 0.4) is 0 Å². The minimum atomic E-state index is -3.71. The van der Waals surface area contributed by atoms with E-state index in [0.717, 1.165) is 23.0 Å². The van der Waals surface area contributed by atoms with Gasteiger partial charge in [0.15, 0.2) is 0 Å². The highest BCUT2D eigenvalue weighted by atomic mass is 32.2. The smallest absolute Gasteiger partial charge is 0.265 e. The number of hydrogen-bond donors (Lipinski definition) is 1. The fraction of sp³-hybridized carbons (Fsp3) is 0.318. The highest BCUT2D eigenvalue weighted by Crippen LogP contribution is 2.32. The lowest BCUT2D eigenvalue weighted by molar-refractivity contribution is 0.0980. The molecule has 1 heterocycles. The Morgan fingerprint density at radius 2 is 1.61 bits per heavy atom. The van der Waals surface area contributed by atoms with Gasteiger partial charge in [-0.2, -0.15) is 4.31 Å². The molecule has 1 atom stereocenters. The summed E-state index contributed by atoms with van der Waals surface area (Å²) in [7, 11) is -7.35. The minimum Gasteiger partial charge on any atom is -0.268 e. The van der Waals surface area contributed by atoms with Gasteiger partial charge in [-0.25, -0.2) is 21.6 Å². The molecule has 0 aromatic heterocycles. The van der Waals surface area contributed by atoms with E-state index in [2.05, 4.69) is 0 Å². The minimum absolute atomic E-state index is 0.207. The second-order valence-electron chi connectivity index (χ2n) is 7.91. The van der Waals surface area contributed by atoms with E-state index in [1.165, 1.54) is 4.31 Å². The number of aryl methyl sites for hydroxylation is 2. The van der Waals surface area contributed by atoms with Crippen LogP contribution in [0.25, 0.3) is 0 Å². The van der Waals surface area contributed by atoms with Crippen LogP contribution in [0.4, 0.5) is 0 Å². The van der Waals surface area contributed by atoms with E-state index in [0.29, 0.717) is 5.56 Å². The van der Waals surface area contributed by atoms with Crippen molar-refractivity contribution < 1.29 is 21.6 Å². The third-order valence-corrected chi connectivity index (χ3v) is 7.71. The molecule has 9 heteroatoms. The summed E-state index contributed by atoms with van der Waals surface area (Å²) < 4.78 is 52.4. The van der Waals surface area contributed by atoms with Crippen molar-refractivity contribution in [3.8, 4) is 0 Å². The Balaban J connectivity index is 1.86. The van der Waals surface area contributed by atoms with Crippen LogP contribution >= 0.6 is 0 Å². The number of sulfonamides is 2. The first-order chi connectivity index (χ1) is 14.4. The van der Waals surface area contributed by atoms with E-state index in [1.54, 1.807) is 36.4 Å². The van der Waals surface area contributed by atoms with Crippen LogP contribution in [0.15, 0.2) is 59.0 Å². The van der Waals surface area contributed by atoms with Gasteiger partial charge in [-0.15, -0.1) is 0 Å². The van der Waals surface area contributed by atoms with Crippen LogP contribution < -0.4 is 4.72 Å². The maximum atomic E-state index is 13.0. The molecular weight excluding hydrogens is 436 g/mol. The zero-order valence-electron chi connectivity index (χ0n) is 17.9. The lowest BCUT2D eigenvalue weighted by Gasteiger charge is -2.21. The van der Waals surface area contributed by atoms with E-state index in [9.17, 15) is 21.6 Å². The molecular formula is C22H26N2O5S2. The average Bonchev–Trinajstić information content (AvgIpc) is 3.17. The molecule has 7 nitrogen and oxygen atoms in total. The Morgan fingerprint density at radius 3 is 2.23 bits per heavy atom. The number of nitrogens with one attached hydrogen (secondary N) is 1. The van der Waals surface area contributed by atoms with Gasteiger partial charge in [-0.05, 0) is 37.6 Å². The number of carbonyl (C=O) groups is 1. The molecule has 0 fully saturated rings. The van der Waals surface area contributed by atoms with Gasteiger partial charge in [0, 0.05) is 24.6 Å². The fourth-order valence-corrected chi connectivity index (χ4v) is 5.39. The van der Waals surface area contributed by atoms with Gasteiger partial charge in [0.05, 0.1) is 11.2 Å². The maximum absolute atomic E-state index is 13.0. The molecule has 31 heavy (non-hydrogen) atoms. The van der Waals surface area contributed by atoms with Crippen molar-refractivity contribution in [2.75, 3.05) is 19.3 Å². The molecule has 0 saturated heterocycles. The van der Waals surface area contributed by atoms with Crippen molar-refractivity contribution in [2.45, 2.75) is 31.6 Å². The van der Waals surface area contributed by atoms with E-state index >= 15 is 0 Å². The summed E-state index contributed by atoms with van der Waals surface area (Å²) in [5, 5.41) is 0. The van der Waals surface area contributed by atoms with Crippen LogP contribution in [0, 0.1) is 13.8 Å². The Morgan fingerprint density at radius 1 is 1.00 bits per heavy atom. The van der Waals surface area contributed by atoms with Crippen LogP contribution in [-0.2, 0) is 20.0 Å². The van der Waals surface area contributed by atoms with Gasteiger partial charge in [-0.3, -0.25) is 4.79 Å². The zero-order chi connectivity index (χ0) is 23.0. The van der Waals surface area contributed by atoms with Crippen LogP contribution in [0.5, 0.6) is 0 Å². The molecule has 1 amide bonds. The van der Waals surface area contributed by atoms with E-state index in [4.69, 9.17) is 0 Å². The molecule has 1 aliphatic heterocycles. The van der Waals surface area contributed by atoms with Crippen molar-refractivity contribution in [3.05, 3.63) is 76.4 Å². The van der Waals surface area contributed by atoms with Crippen LogP contribution in [-0.4, -0.2) is 46.4 Å².